The largest absolute Gasteiger partial charge is 0.395 e. The summed E-state index contributed by atoms with van der Waals surface area (Å²) in [6, 6.07) is 3.43. The van der Waals surface area contributed by atoms with Gasteiger partial charge in [0.2, 0.25) is 5.91 Å². The second kappa shape index (κ2) is 8.69. The fraction of sp³-hybridized carbons (Fsp3) is 0.533. The van der Waals surface area contributed by atoms with E-state index in [9.17, 15) is 13.6 Å². The number of nitrogens with zero attached hydrogens (tertiary/aromatic N) is 1. The number of hydrogen-bond acceptors (Lipinski definition) is 3. The van der Waals surface area contributed by atoms with Gasteiger partial charge in [-0.1, -0.05) is 13.8 Å². The van der Waals surface area contributed by atoms with Crippen molar-refractivity contribution in [1.82, 2.24) is 4.90 Å². The fourth-order valence-corrected chi connectivity index (χ4v) is 2.28. The van der Waals surface area contributed by atoms with Gasteiger partial charge < -0.3 is 10.4 Å². The lowest BCUT2D eigenvalue weighted by Crippen LogP contribution is -2.42. The van der Waals surface area contributed by atoms with Crippen LogP contribution in [0, 0.1) is 11.6 Å². The van der Waals surface area contributed by atoms with E-state index in [1.54, 1.807) is 0 Å². The van der Waals surface area contributed by atoms with Gasteiger partial charge in [0.15, 0.2) is 11.6 Å². The van der Waals surface area contributed by atoms with Crippen molar-refractivity contribution in [2.45, 2.75) is 32.7 Å². The topological polar surface area (TPSA) is 52.6 Å². The zero-order valence-corrected chi connectivity index (χ0v) is 12.4. The molecule has 21 heavy (non-hydrogen) atoms. The summed E-state index contributed by atoms with van der Waals surface area (Å²) >= 11 is 0. The molecule has 0 aliphatic heterocycles. The number of rotatable bonds is 8. The van der Waals surface area contributed by atoms with Crippen molar-refractivity contribution in [3.63, 3.8) is 0 Å². The Hall–Kier alpha value is -1.53. The quantitative estimate of drug-likeness (QED) is 0.775. The first-order chi connectivity index (χ1) is 10.0. The van der Waals surface area contributed by atoms with Gasteiger partial charge in [-0.2, -0.15) is 0 Å². The number of hydrogen-bond donors (Lipinski definition) is 2. The van der Waals surface area contributed by atoms with Crippen LogP contribution in [-0.2, 0) is 4.79 Å². The summed E-state index contributed by atoms with van der Waals surface area (Å²) in [5.41, 5.74) is 0.215. The van der Waals surface area contributed by atoms with Crippen LogP contribution in [0.2, 0.25) is 0 Å². The van der Waals surface area contributed by atoms with E-state index in [-0.39, 0.29) is 30.8 Å². The molecule has 4 nitrogen and oxygen atoms in total. The van der Waals surface area contributed by atoms with Crippen LogP contribution in [0.25, 0.3) is 0 Å². The molecule has 1 aromatic rings. The van der Waals surface area contributed by atoms with E-state index in [2.05, 4.69) is 5.32 Å². The summed E-state index contributed by atoms with van der Waals surface area (Å²) in [6.07, 6.45) is 1.74. The van der Waals surface area contributed by atoms with E-state index in [0.29, 0.717) is 6.54 Å². The van der Waals surface area contributed by atoms with Crippen LogP contribution in [0.1, 0.15) is 26.7 Å². The van der Waals surface area contributed by atoms with Gasteiger partial charge in [-0.05, 0) is 25.0 Å². The summed E-state index contributed by atoms with van der Waals surface area (Å²) in [7, 11) is 0. The number of aliphatic hydroxyl groups excluding tert-OH is 1. The van der Waals surface area contributed by atoms with Crippen LogP contribution in [0.5, 0.6) is 0 Å². The molecule has 0 atom stereocenters. The molecular formula is C15H22F2N2O2. The lowest BCUT2D eigenvalue weighted by atomic mass is 10.1. The van der Waals surface area contributed by atoms with Crippen LogP contribution >= 0.6 is 0 Å². The number of carbonyl (C=O) groups excluding carboxylic acids is 1. The molecule has 118 valence electrons. The second-order valence-electron chi connectivity index (χ2n) is 4.84. The van der Waals surface area contributed by atoms with E-state index in [1.807, 2.05) is 18.7 Å². The van der Waals surface area contributed by atoms with E-state index >= 15 is 0 Å². The highest BCUT2D eigenvalue weighted by Crippen LogP contribution is 2.14. The van der Waals surface area contributed by atoms with Crippen molar-refractivity contribution >= 4 is 11.6 Å². The molecule has 0 radical (unpaired) electrons. The van der Waals surface area contributed by atoms with E-state index in [1.165, 1.54) is 6.07 Å². The molecule has 0 spiro atoms. The third-order valence-corrected chi connectivity index (χ3v) is 3.40. The van der Waals surface area contributed by atoms with Crippen LogP contribution in [-0.4, -0.2) is 41.7 Å². The third kappa shape index (κ3) is 5.40. The molecule has 0 aliphatic rings. The number of nitrogens with one attached hydrogen (secondary N) is 1. The van der Waals surface area contributed by atoms with Crippen molar-refractivity contribution < 1.29 is 18.7 Å². The van der Waals surface area contributed by atoms with Gasteiger partial charge in [0, 0.05) is 24.3 Å². The molecule has 0 fully saturated rings. The number of benzene rings is 1. The van der Waals surface area contributed by atoms with Crippen molar-refractivity contribution in [3.8, 4) is 0 Å². The lowest BCUT2D eigenvalue weighted by molar-refractivity contribution is -0.118. The molecule has 0 aliphatic carbocycles. The van der Waals surface area contributed by atoms with Gasteiger partial charge in [-0.25, -0.2) is 8.78 Å². The molecule has 0 saturated carbocycles. The van der Waals surface area contributed by atoms with Gasteiger partial charge in [-0.15, -0.1) is 0 Å². The maximum absolute atomic E-state index is 13.1. The first-order valence-electron chi connectivity index (χ1n) is 7.11. The first-order valence-corrected chi connectivity index (χ1v) is 7.11. The maximum Gasteiger partial charge on any atom is 0.238 e. The predicted octanol–water partition coefficient (Wildman–Crippen LogP) is 2.39. The Kier molecular flexibility index (Phi) is 7.25. The van der Waals surface area contributed by atoms with Crippen molar-refractivity contribution in [2.75, 3.05) is 25.0 Å². The fourth-order valence-electron chi connectivity index (χ4n) is 2.28. The zero-order chi connectivity index (χ0) is 15.8. The molecule has 1 aromatic carbocycles. The highest BCUT2D eigenvalue weighted by atomic mass is 19.2. The molecule has 0 heterocycles. The Bertz CT molecular complexity index is 465. The van der Waals surface area contributed by atoms with E-state index in [4.69, 9.17) is 5.11 Å². The number of amides is 1. The molecule has 1 amide bonds. The number of carbonyl (C=O) groups is 1. The van der Waals surface area contributed by atoms with Gasteiger partial charge in [0.05, 0.1) is 13.2 Å². The van der Waals surface area contributed by atoms with Crippen molar-refractivity contribution in [3.05, 3.63) is 29.8 Å². The molecule has 1 rings (SSSR count). The monoisotopic (exact) mass is 300 g/mol. The predicted molar refractivity (Wildman–Crippen MR) is 78.0 cm³/mol. The van der Waals surface area contributed by atoms with Crippen LogP contribution in [0.15, 0.2) is 18.2 Å². The van der Waals surface area contributed by atoms with Crippen LogP contribution in [0.4, 0.5) is 14.5 Å². The standard InChI is InChI=1S/C15H22F2N2O2/c1-3-12(4-2)19(7-8-20)10-15(21)18-11-5-6-13(16)14(17)9-11/h5-6,9,12,20H,3-4,7-8,10H2,1-2H3,(H,18,21). The number of halogens is 2. The Morgan fingerprint density at radius 1 is 1.29 bits per heavy atom. The van der Waals surface area contributed by atoms with Gasteiger partial charge >= 0.3 is 0 Å². The Morgan fingerprint density at radius 3 is 2.48 bits per heavy atom. The van der Waals surface area contributed by atoms with Crippen LogP contribution in [0.3, 0.4) is 0 Å². The molecule has 6 heteroatoms. The minimum Gasteiger partial charge on any atom is -0.395 e. The Balaban J connectivity index is 2.66. The molecular weight excluding hydrogens is 278 g/mol. The normalized spacial score (nSPS) is 11.2. The van der Waals surface area contributed by atoms with Gasteiger partial charge in [0.25, 0.3) is 0 Å². The smallest absolute Gasteiger partial charge is 0.238 e. The summed E-state index contributed by atoms with van der Waals surface area (Å²) in [5.74, 6) is -2.27. The lowest BCUT2D eigenvalue weighted by Gasteiger charge is -2.29. The summed E-state index contributed by atoms with van der Waals surface area (Å²) < 4.78 is 25.9. The van der Waals surface area contributed by atoms with Crippen LogP contribution < -0.4 is 5.32 Å². The average Bonchev–Trinajstić information content (AvgIpc) is 2.44. The molecule has 2 N–H and O–H groups in total. The average molecular weight is 300 g/mol. The van der Waals surface area contributed by atoms with E-state index in [0.717, 1.165) is 25.0 Å². The highest BCUT2D eigenvalue weighted by Gasteiger charge is 2.18. The van der Waals surface area contributed by atoms with Crippen molar-refractivity contribution in [1.29, 1.82) is 0 Å². The van der Waals surface area contributed by atoms with E-state index < -0.39 is 11.6 Å². The first kappa shape index (κ1) is 17.5. The number of anilines is 1. The minimum absolute atomic E-state index is 0.0328. The molecule has 0 saturated heterocycles. The minimum atomic E-state index is -1.000. The zero-order valence-electron chi connectivity index (χ0n) is 12.4. The molecule has 0 aromatic heterocycles. The Labute approximate surface area is 123 Å². The van der Waals surface area contributed by atoms with Gasteiger partial charge in [0.1, 0.15) is 0 Å². The van der Waals surface area contributed by atoms with Gasteiger partial charge in [-0.3, -0.25) is 9.69 Å². The second-order valence-corrected chi connectivity index (χ2v) is 4.84. The van der Waals surface area contributed by atoms with Crippen molar-refractivity contribution in [2.24, 2.45) is 0 Å². The third-order valence-electron chi connectivity index (χ3n) is 3.40. The highest BCUT2D eigenvalue weighted by molar-refractivity contribution is 5.92. The molecule has 0 unspecified atom stereocenters. The SMILES string of the molecule is CCC(CC)N(CCO)CC(=O)Nc1ccc(F)c(F)c1. The summed E-state index contributed by atoms with van der Waals surface area (Å²) in [5, 5.41) is 11.6. The Morgan fingerprint density at radius 2 is 1.95 bits per heavy atom. The molecule has 0 bridgehead atoms. The summed E-state index contributed by atoms with van der Waals surface area (Å²) in [6.45, 7) is 4.51. The maximum atomic E-state index is 13.1. The summed E-state index contributed by atoms with van der Waals surface area (Å²) in [4.78, 5) is 13.9. The number of aliphatic hydroxyl groups is 1.